The summed E-state index contributed by atoms with van der Waals surface area (Å²) in [5.74, 6) is -1.27. The predicted octanol–water partition coefficient (Wildman–Crippen LogP) is -0.955. The van der Waals surface area contributed by atoms with E-state index in [-0.39, 0.29) is 30.0 Å². The van der Waals surface area contributed by atoms with Crippen molar-refractivity contribution in [1.82, 2.24) is 15.5 Å². The predicted molar refractivity (Wildman–Crippen MR) is 55.2 cm³/mol. The number of carbonyl (C=O) groups is 1. The van der Waals surface area contributed by atoms with E-state index in [1.165, 1.54) is 0 Å². The lowest BCUT2D eigenvalue weighted by molar-refractivity contribution is 0.0680. The van der Waals surface area contributed by atoms with Crippen LogP contribution in [0, 0.1) is 0 Å². The topological polar surface area (TPSA) is 122 Å². The molecule has 0 spiro atoms. The van der Waals surface area contributed by atoms with Gasteiger partial charge in [-0.05, 0) is 11.6 Å². The van der Waals surface area contributed by atoms with E-state index in [1.54, 1.807) is 0 Å². The second kappa shape index (κ2) is 4.41. The highest BCUT2D eigenvalue weighted by molar-refractivity contribution is 7.91. The average molecular weight is 261 g/mol. The molecule has 2 rings (SSSR count). The first-order valence-corrected chi connectivity index (χ1v) is 6.78. The number of nitrogens with zero attached hydrogens (tertiary/aromatic N) is 2. The number of nitrogens with one attached hydrogen (secondary N) is 1. The molecule has 0 aliphatic carbocycles. The summed E-state index contributed by atoms with van der Waals surface area (Å²) in [4.78, 5) is 14.1. The number of hydrogen-bond acceptors (Lipinski definition) is 7. The first-order chi connectivity index (χ1) is 7.96. The van der Waals surface area contributed by atoms with Crippen molar-refractivity contribution in [1.29, 1.82) is 0 Å². The third-order valence-corrected chi connectivity index (χ3v) is 4.20. The van der Waals surface area contributed by atoms with E-state index >= 15 is 0 Å². The molecule has 0 saturated carbocycles. The van der Waals surface area contributed by atoms with Crippen molar-refractivity contribution in [2.45, 2.75) is 19.0 Å². The van der Waals surface area contributed by atoms with Crippen LogP contribution in [0.25, 0.3) is 0 Å². The zero-order valence-corrected chi connectivity index (χ0v) is 9.61. The first-order valence-electron chi connectivity index (χ1n) is 4.96. The second-order valence-corrected chi connectivity index (χ2v) is 6.03. The van der Waals surface area contributed by atoms with Crippen LogP contribution in [0.15, 0.2) is 4.52 Å². The molecule has 9 heteroatoms. The lowest BCUT2D eigenvalue weighted by Gasteiger charge is -2.06. The van der Waals surface area contributed by atoms with Gasteiger partial charge < -0.3 is 14.9 Å². The average Bonchev–Trinajstić information content (AvgIpc) is 2.81. The molecule has 8 nitrogen and oxygen atoms in total. The number of carboxylic acid groups (broad SMARTS) is 1. The summed E-state index contributed by atoms with van der Waals surface area (Å²) >= 11 is 0. The summed E-state index contributed by atoms with van der Waals surface area (Å²) in [7, 11) is -2.93. The number of carboxylic acids is 1. The maximum atomic E-state index is 11.2. The Bertz CT molecular complexity index is 523. The van der Waals surface area contributed by atoms with E-state index in [1.807, 2.05) is 0 Å². The summed E-state index contributed by atoms with van der Waals surface area (Å²) in [6.45, 7) is 0.167. The zero-order chi connectivity index (χ0) is 12.5. The summed E-state index contributed by atoms with van der Waals surface area (Å²) < 4.78 is 27.0. The number of hydrogen-bond donors (Lipinski definition) is 2. The molecule has 0 radical (unpaired) electrons. The molecule has 1 saturated heterocycles. The first kappa shape index (κ1) is 12.0. The molecule has 1 aromatic rings. The van der Waals surface area contributed by atoms with Crippen molar-refractivity contribution in [2.24, 2.45) is 0 Å². The van der Waals surface area contributed by atoms with Gasteiger partial charge in [-0.15, -0.1) is 0 Å². The third-order valence-electron chi connectivity index (χ3n) is 2.43. The molecule has 1 aliphatic heterocycles. The molecule has 0 aromatic carbocycles. The highest BCUT2D eigenvalue weighted by atomic mass is 32.2. The number of aromatic carboxylic acids is 1. The molecule has 1 aromatic heterocycles. The van der Waals surface area contributed by atoms with Crippen LogP contribution in [0.1, 0.15) is 22.9 Å². The van der Waals surface area contributed by atoms with Crippen molar-refractivity contribution in [3.63, 3.8) is 0 Å². The van der Waals surface area contributed by atoms with Crippen LogP contribution in [-0.2, 0) is 16.4 Å². The molecular formula is C8H11N3O5S. The molecule has 1 unspecified atom stereocenters. The molecule has 94 valence electrons. The van der Waals surface area contributed by atoms with E-state index in [4.69, 9.17) is 5.11 Å². The maximum Gasteiger partial charge on any atom is 0.377 e. The second-order valence-electron chi connectivity index (χ2n) is 3.80. The fraction of sp³-hybridized carbons (Fsp3) is 0.625. The minimum absolute atomic E-state index is 0.0902. The highest BCUT2D eigenvalue weighted by Crippen LogP contribution is 2.11. The normalized spacial score (nSPS) is 22.7. The Balaban J connectivity index is 1.88. The fourth-order valence-corrected chi connectivity index (χ4v) is 3.31. The standard InChI is InChI=1S/C8H11N3O5S/c12-8(13)7-10-6(16-11-7)3-9-5-1-2-17(14,15)4-5/h5,9H,1-4H2,(H,12,13). The van der Waals surface area contributed by atoms with Gasteiger partial charge in [-0.1, -0.05) is 0 Å². The van der Waals surface area contributed by atoms with Crippen molar-refractivity contribution in [2.75, 3.05) is 11.5 Å². The Morgan fingerprint density at radius 3 is 2.88 bits per heavy atom. The Labute approximate surface area is 96.9 Å². The van der Waals surface area contributed by atoms with Gasteiger partial charge in [0.1, 0.15) is 0 Å². The monoisotopic (exact) mass is 261 g/mol. The van der Waals surface area contributed by atoms with Gasteiger partial charge in [0.15, 0.2) is 9.84 Å². The van der Waals surface area contributed by atoms with Gasteiger partial charge in [0.05, 0.1) is 18.1 Å². The molecule has 0 amide bonds. The Kier molecular flexibility index (Phi) is 3.11. The van der Waals surface area contributed by atoms with Gasteiger partial charge >= 0.3 is 5.97 Å². The molecular weight excluding hydrogens is 250 g/mol. The van der Waals surface area contributed by atoms with Gasteiger partial charge in [0.2, 0.25) is 5.89 Å². The zero-order valence-electron chi connectivity index (χ0n) is 8.79. The largest absolute Gasteiger partial charge is 0.475 e. The van der Waals surface area contributed by atoms with E-state index in [9.17, 15) is 13.2 Å². The summed E-state index contributed by atoms with van der Waals surface area (Å²) in [6.07, 6.45) is 0.544. The van der Waals surface area contributed by atoms with Gasteiger partial charge in [0.25, 0.3) is 5.82 Å². The van der Waals surface area contributed by atoms with E-state index in [0.717, 1.165) is 0 Å². The van der Waals surface area contributed by atoms with E-state index in [2.05, 4.69) is 20.0 Å². The van der Waals surface area contributed by atoms with Crippen LogP contribution in [0.4, 0.5) is 0 Å². The summed E-state index contributed by atoms with van der Waals surface area (Å²) in [5, 5.41) is 14.7. The van der Waals surface area contributed by atoms with Gasteiger partial charge in [-0.3, -0.25) is 0 Å². The van der Waals surface area contributed by atoms with Crippen molar-refractivity contribution in [3.05, 3.63) is 11.7 Å². The Hall–Kier alpha value is -1.48. The molecule has 2 N–H and O–H groups in total. The Morgan fingerprint density at radius 1 is 1.59 bits per heavy atom. The van der Waals surface area contributed by atoms with Gasteiger partial charge in [-0.25, -0.2) is 13.2 Å². The van der Waals surface area contributed by atoms with Crippen molar-refractivity contribution in [3.8, 4) is 0 Å². The summed E-state index contributed by atoms with van der Waals surface area (Å²) in [5.41, 5.74) is 0. The van der Waals surface area contributed by atoms with E-state index in [0.29, 0.717) is 6.42 Å². The number of rotatable bonds is 4. The maximum absolute atomic E-state index is 11.2. The minimum atomic E-state index is -2.93. The van der Waals surface area contributed by atoms with Crippen LogP contribution in [0.5, 0.6) is 0 Å². The Morgan fingerprint density at radius 2 is 2.35 bits per heavy atom. The molecule has 2 heterocycles. The van der Waals surface area contributed by atoms with Crippen LogP contribution in [0.3, 0.4) is 0 Å². The highest BCUT2D eigenvalue weighted by Gasteiger charge is 2.27. The van der Waals surface area contributed by atoms with Crippen LogP contribution in [0.2, 0.25) is 0 Å². The number of aromatic nitrogens is 2. The van der Waals surface area contributed by atoms with E-state index < -0.39 is 21.6 Å². The molecule has 1 fully saturated rings. The summed E-state index contributed by atoms with van der Waals surface area (Å²) in [6, 6.07) is -0.139. The molecule has 1 atom stereocenters. The molecule has 1 aliphatic rings. The van der Waals surface area contributed by atoms with Crippen LogP contribution < -0.4 is 5.32 Å². The fourth-order valence-electron chi connectivity index (χ4n) is 1.60. The van der Waals surface area contributed by atoms with Gasteiger partial charge in [-0.2, -0.15) is 4.98 Å². The lowest BCUT2D eigenvalue weighted by atomic mass is 10.3. The smallest absolute Gasteiger partial charge is 0.377 e. The van der Waals surface area contributed by atoms with Crippen LogP contribution >= 0.6 is 0 Å². The van der Waals surface area contributed by atoms with Gasteiger partial charge in [0, 0.05) is 6.04 Å². The lowest BCUT2D eigenvalue weighted by Crippen LogP contribution is -2.29. The number of sulfone groups is 1. The third kappa shape index (κ3) is 3.01. The molecule has 17 heavy (non-hydrogen) atoms. The SMILES string of the molecule is O=C(O)c1noc(CNC2CCS(=O)(=O)C2)n1. The quantitative estimate of drug-likeness (QED) is 0.710. The van der Waals surface area contributed by atoms with Crippen LogP contribution in [-0.4, -0.2) is 47.2 Å². The minimum Gasteiger partial charge on any atom is -0.475 e. The van der Waals surface area contributed by atoms with Crippen molar-refractivity contribution >= 4 is 15.8 Å². The molecule has 0 bridgehead atoms. The van der Waals surface area contributed by atoms with Crippen molar-refractivity contribution < 1.29 is 22.8 Å².